The van der Waals surface area contributed by atoms with Gasteiger partial charge in [0.2, 0.25) is 5.91 Å². The van der Waals surface area contributed by atoms with Gasteiger partial charge < -0.3 is 4.90 Å². The first-order valence-corrected chi connectivity index (χ1v) is 6.62. The summed E-state index contributed by atoms with van der Waals surface area (Å²) in [5.41, 5.74) is -0.155. The minimum atomic E-state index is -0.155. The molecule has 0 N–H and O–H groups in total. The van der Waals surface area contributed by atoms with E-state index in [0.29, 0.717) is 24.8 Å². The highest BCUT2D eigenvalue weighted by Gasteiger charge is 2.38. The van der Waals surface area contributed by atoms with Crippen molar-refractivity contribution in [3.63, 3.8) is 0 Å². The average Bonchev–Trinajstić information content (AvgIpc) is 2.65. The van der Waals surface area contributed by atoms with Gasteiger partial charge in [-0.15, -0.1) is 23.2 Å². The molecule has 0 atom stereocenters. The summed E-state index contributed by atoms with van der Waals surface area (Å²) in [7, 11) is 0. The molecule has 0 saturated heterocycles. The highest BCUT2D eigenvalue weighted by molar-refractivity contribution is 6.18. The molecule has 0 radical (unpaired) electrons. The summed E-state index contributed by atoms with van der Waals surface area (Å²) < 4.78 is 0. The molecule has 0 aromatic rings. The number of nitrogens with zero attached hydrogens (tertiary/aromatic N) is 1. The largest absolute Gasteiger partial charge is 0.340 e. The van der Waals surface area contributed by atoms with Crippen LogP contribution in [-0.2, 0) is 4.79 Å². The van der Waals surface area contributed by atoms with Gasteiger partial charge in [0.15, 0.2) is 0 Å². The monoisotopic (exact) mass is 251 g/mol. The van der Waals surface area contributed by atoms with Crippen LogP contribution in [0.5, 0.6) is 0 Å². The van der Waals surface area contributed by atoms with E-state index < -0.39 is 0 Å². The van der Waals surface area contributed by atoms with Crippen LogP contribution in [0.25, 0.3) is 0 Å². The molecule has 1 amide bonds. The van der Waals surface area contributed by atoms with E-state index in [9.17, 15) is 4.79 Å². The van der Waals surface area contributed by atoms with Gasteiger partial charge in [0.1, 0.15) is 0 Å². The van der Waals surface area contributed by atoms with Crippen molar-refractivity contribution in [1.29, 1.82) is 0 Å². The molecule has 0 aliphatic heterocycles. The zero-order valence-corrected chi connectivity index (χ0v) is 10.8. The first-order valence-electron chi connectivity index (χ1n) is 5.55. The van der Waals surface area contributed by atoms with E-state index in [2.05, 4.69) is 6.92 Å². The molecule has 0 heterocycles. The molecule has 0 aromatic carbocycles. The molecule has 15 heavy (non-hydrogen) atoms. The molecule has 0 unspecified atom stereocenters. The van der Waals surface area contributed by atoms with E-state index >= 15 is 0 Å². The Morgan fingerprint density at radius 2 is 1.67 bits per heavy atom. The van der Waals surface area contributed by atoms with Gasteiger partial charge in [-0.05, 0) is 12.8 Å². The third kappa shape index (κ3) is 3.25. The molecule has 2 nitrogen and oxygen atoms in total. The number of carbonyl (C=O) groups is 1. The second-order valence-corrected chi connectivity index (χ2v) is 5.19. The van der Waals surface area contributed by atoms with Gasteiger partial charge >= 0.3 is 0 Å². The lowest BCUT2D eigenvalue weighted by Crippen LogP contribution is -2.43. The molecular weight excluding hydrogens is 233 g/mol. The zero-order valence-electron chi connectivity index (χ0n) is 9.27. The van der Waals surface area contributed by atoms with Crippen LogP contribution in [0.4, 0.5) is 0 Å². The summed E-state index contributed by atoms with van der Waals surface area (Å²) in [6, 6.07) is 0. The van der Waals surface area contributed by atoms with Crippen LogP contribution in [-0.4, -0.2) is 35.7 Å². The van der Waals surface area contributed by atoms with E-state index in [0.717, 1.165) is 25.7 Å². The molecule has 0 aromatic heterocycles. The van der Waals surface area contributed by atoms with E-state index in [1.165, 1.54) is 0 Å². The number of hydrogen-bond acceptors (Lipinski definition) is 1. The Labute approximate surface area is 102 Å². The van der Waals surface area contributed by atoms with Crippen LogP contribution in [0.15, 0.2) is 0 Å². The number of carbonyl (C=O) groups excluding carboxylic acids is 1. The number of hydrogen-bond donors (Lipinski definition) is 0. The summed E-state index contributed by atoms with van der Waals surface area (Å²) in [6.45, 7) is 3.29. The Hall–Kier alpha value is 0.0500. The Kier molecular flexibility index (Phi) is 5.20. The van der Waals surface area contributed by atoms with Crippen LogP contribution < -0.4 is 0 Å². The normalized spacial score (nSPS) is 19.1. The van der Waals surface area contributed by atoms with Gasteiger partial charge in [0.05, 0.1) is 0 Å². The van der Waals surface area contributed by atoms with Gasteiger partial charge in [-0.2, -0.15) is 0 Å². The third-order valence-electron chi connectivity index (χ3n) is 3.22. The Bertz CT molecular complexity index is 209. The van der Waals surface area contributed by atoms with Crippen LogP contribution in [0.3, 0.4) is 0 Å². The molecule has 1 aliphatic rings. The van der Waals surface area contributed by atoms with E-state index in [1.807, 2.05) is 4.90 Å². The van der Waals surface area contributed by atoms with Crippen molar-refractivity contribution in [3.8, 4) is 0 Å². The molecule has 1 rings (SSSR count). The molecule has 1 aliphatic carbocycles. The van der Waals surface area contributed by atoms with Gasteiger partial charge in [0.25, 0.3) is 0 Å². The lowest BCUT2D eigenvalue weighted by Gasteiger charge is -2.30. The van der Waals surface area contributed by atoms with E-state index in [4.69, 9.17) is 23.2 Å². The molecule has 4 heteroatoms. The van der Waals surface area contributed by atoms with Crippen molar-refractivity contribution in [2.24, 2.45) is 5.41 Å². The SMILES string of the molecule is CC1(C(=O)N(CCCl)CCCl)CCCC1. The summed E-state index contributed by atoms with van der Waals surface area (Å²) in [5, 5.41) is 0. The maximum atomic E-state index is 12.3. The Balaban J connectivity index is 2.61. The van der Waals surface area contributed by atoms with Crippen molar-refractivity contribution in [2.45, 2.75) is 32.6 Å². The highest BCUT2D eigenvalue weighted by Crippen LogP contribution is 2.39. The topological polar surface area (TPSA) is 20.3 Å². The second-order valence-electron chi connectivity index (χ2n) is 4.44. The van der Waals surface area contributed by atoms with Crippen molar-refractivity contribution in [2.75, 3.05) is 24.8 Å². The summed E-state index contributed by atoms with van der Waals surface area (Å²) in [6.07, 6.45) is 4.34. The van der Waals surface area contributed by atoms with Gasteiger partial charge in [-0.25, -0.2) is 0 Å². The van der Waals surface area contributed by atoms with Crippen LogP contribution in [0.1, 0.15) is 32.6 Å². The summed E-state index contributed by atoms with van der Waals surface area (Å²) in [4.78, 5) is 14.1. The fraction of sp³-hybridized carbons (Fsp3) is 0.909. The number of amides is 1. The highest BCUT2D eigenvalue weighted by atomic mass is 35.5. The first-order chi connectivity index (χ1) is 7.14. The van der Waals surface area contributed by atoms with Crippen molar-refractivity contribution in [1.82, 2.24) is 4.90 Å². The molecule has 0 spiro atoms. The fourth-order valence-electron chi connectivity index (χ4n) is 2.27. The Morgan fingerprint density at radius 3 is 2.07 bits per heavy atom. The maximum absolute atomic E-state index is 12.3. The predicted molar refractivity (Wildman–Crippen MR) is 64.6 cm³/mol. The van der Waals surface area contributed by atoms with Crippen molar-refractivity contribution in [3.05, 3.63) is 0 Å². The van der Waals surface area contributed by atoms with E-state index in [-0.39, 0.29) is 11.3 Å². The van der Waals surface area contributed by atoms with Crippen molar-refractivity contribution >= 4 is 29.1 Å². The molecular formula is C11H19Cl2NO. The summed E-state index contributed by atoms with van der Waals surface area (Å²) >= 11 is 11.4. The number of alkyl halides is 2. The lowest BCUT2D eigenvalue weighted by molar-refractivity contribution is -0.140. The van der Waals surface area contributed by atoms with Crippen molar-refractivity contribution < 1.29 is 4.79 Å². The summed E-state index contributed by atoms with van der Waals surface area (Å²) in [5.74, 6) is 1.21. The van der Waals surface area contributed by atoms with E-state index in [1.54, 1.807) is 0 Å². The Morgan fingerprint density at radius 1 is 1.20 bits per heavy atom. The standard InChI is InChI=1S/C11H19Cl2NO/c1-11(4-2-3-5-11)10(15)14(8-6-12)9-7-13/h2-9H2,1H3. The average molecular weight is 252 g/mol. The quantitative estimate of drug-likeness (QED) is 0.689. The molecule has 1 fully saturated rings. The van der Waals surface area contributed by atoms with Gasteiger partial charge in [0, 0.05) is 30.3 Å². The minimum Gasteiger partial charge on any atom is -0.340 e. The second kappa shape index (κ2) is 5.95. The van der Waals surface area contributed by atoms with Crippen LogP contribution in [0.2, 0.25) is 0 Å². The maximum Gasteiger partial charge on any atom is 0.228 e. The van der Waals surface area contributed by atoms with Crippen LogP contribution >= 0.6 is 23.2 Å². The lowest BCUT2D eigenvalue weighted by atomic mass is 9.87. The van der Waals surface area contributed by atoms with Gasteiger partial charge in [-0.3, -0.25) is 4.79 Å². The minimum absolute atomic E-state index is 0.155. The van der Waals surface area contributed by atoms with Crippen LogP contribution in [0, 0.1) is 5.41 Å². The first kappa shape index (κ1) is 13.1. The number of halogens is 2. The molecule has 0 bridgehead atoms. The molecule has 88 valence electrons. The van der Waals surface area contributed by atoms with Gasteiger partial charge in [-0.1, -0.05) is 19.8 Å². The molecule has 1 saturated carbocycles. The third-order valence-corrected chi connectivity index (χ3v) is 3.56. The number of rotatable bonds is 5. The smallest absolute Gasteiger partial charge is 0.228 e. The fourth-order valence-corrected chi connectivity index (χ4v) is 2.68. The zero-order chi connectivity index (χ0) is 11.3. The predicted octanol–water partition coefficient (Wildman–Crippen LogP) is 2.87.